The predicted molar refractivity (Wildman–Crippen MR) is 108 cm³/mol. The Morgan fingerprint density at radius 3 is 2.69 bits per heavy atom. The predicted octanol–water partition coefficient (Wildman–Crippen LogP) is 2.50. The molecule has 1 aliphatic rings. The highest BCUT2D eigenvalue weighted by Gasteiger charge is 2.26. The van der Waals surface area contributed by atoms with Crippen LogP contribution in [0.4, 0.5) is 5.82 Å². The number of nitrogens with one attached hydrogen (secondary N) is 1. The van der Waals surface area contributed by atoms with Crippen molar-refractivity contribution in [3.8, 4) is 0 Å². The molecule has 26 heavy (non-hydrogen) atoms. The largest absolute Gasteiger partial charge is 0.354 e. The van der Waals surface area contributed by atoms with Crippen LogP contribution >= 0.6 is 24.8 Å². The van der Waals surface area contributed by atoms with Gasteiger partial charge in [0, 0.05) is 37.8 Å². The standard InChI is InChI=1S/C18H23N5O.2ClH/c19-16(14-6-2-1-3-7-14)12-18(24)20-13-15-8-5-11-23(15)17-9-4-10-21-22-17;;/h1-4,6-7,9-10,15-16H,5,8,11-13,19H2,(H,20,24);2*1H. The molecule has 0 aliphatic carbocycles. The Hall–Kier alpha value is -1.89. The monoisotopic (exact) mass is 397 g/mol. The average molecular weight is 398 g/mol. The number of carbonyl (C=O) groups is 1. The lowest BCUT2D eigenvalue weighted by Crippen LogP contribution is -2.41. The van der Waals surface area contributed by atoms with Gasteiger partial charge in [-0.2, -0.15) is 5.10 Å². The zero-order valence-electron chi connectivity index (χ0n) is 14.5. The van der Waals surface area contributed by atoms with Crippen molar-refractivity contribution < 1.29 is 4.79 Å². The van der Waals surface area contributed by atoms with Gasteiger partial charge in [-0.05, 0) is 30.5 Å². The van der Waals surface area contributed by atoms with Gasteiger partial charge in [-0.1, -0.05) is 30.3 Å². The Morgan fingerprint density at radius 1 is 1.23 bits per heavy atom. The van der Waals surface area contributed by atoms with Crippen LogP contribution in [0.25, 0.3) is 0 Å². The van der Waals surface area contributed by atoms with Gasteiger partial charge in [0.25, 0.3) is 0 Å². The van der Waals surface area contributed by atoms with Gasteiger partial charge < -0.3 is 16.0 Å². The molecule has 2 atom stereocenters. The lowest BCUT2D eigenvalue weighted by Gasteiger charge is -2.25. The number of nitrogens with two attached hydrogens (primary N) is 1. The first kappa shape index (κ1) is 22.2. The van der Waals surface area contributed by atoms with E-state index in [9.17, 15) is 4.79 Å². The number of anilines is 1. The number of nitrogens with zero attached hydrogens (tertiary/aromatic N) is 3. The summed E-state index contributed by atoms with van der Waals surface area (Å²) in [4.78, 5) is 14.4. The van der Waals surface area contributed by atoms with E-state index in [0.29, 0.717) is 13.0 Å². The molecule has 3 rings (SSSR count). The summed E-state index contributed by atoms with van der Waals surface area (Å²) in [6.07, 6.45) is 4.10. The van der Waals surface area contributed by atoms with E-state index in [0.717, 1.165) is 30.8 Å². The molecule has 2 unspecified atom stereocenters. The molecular formula is C18H25Cl2N5O. The Kier molecular flexibility index (Phi) is 9.34. The third-order valence-electron chi connectivity index (χ3n) is 4.40. The SMILES string of the molecule is Cl.Cl.NC(CC(=O)NCC1CCCN1c1cccnn1)c1ccccc1. The zero-order chi connectivity index (χ0) is 16.8. The topological polar surface area (TPSA) is 84.1 Å². The molecule has 1 fully saturated rings. The summed E-state index contributed by atoms with van der Waals surface area (Å²) in [6, 6.07) is 13.5. The molecule has 1 aromatic heterocycles. The second kappa shape index (κ2) is 11.0. The molecule has 6 nitrogen and oxygen atoms in total. The van der Waals surface area contributed by atoms with Gasteiger partial charge in [0.2, 0.25) is 5.91 Å². The number of hydrogen-bond donors (Lipinski definition) is 2. The Bertz CT molecular complexity index is 659. The molecule has 142 valence electrons. The van der Waals surface area contributed by atoms with Crippen molar-refractivity contribution in [1.82, 2.24) is 15.5 Å². The van der Waals surface area contributed by atoms with Crippen molar-refractivity contribution in [3.05, 3.63) is 54.2 Å². The molecule has 0 spiro atoms. The van der Waals surface area contributed by atoms with Crippen molar-refractivity contribution >= 4 is 36.5 Å². The van der Waals surface area contributed by atoms with Crippen LogP contribution < -0.4 is 16.0 Å². The maximum absolute atomic E-state index is 12.2. The summed E-state index contributed by atoms with van der Waals surface area (Å²) >= 11 is 0. The van der Waals surface area contributed by atoms with Crippen LogP contribution in [0.2, 0.25) is 0 Å². The minimum atomic E-state index is -0.272. The number of benzene rings is 1. The molecular weight excluding hydrogens is 373 g/mol. The Labute approximate surface area is 166 Å². The molecule has 3 N–H and O–H groups in total. The van der Waals surface area contributed by atoms with Gasteiger partial charge in [-0.25, -0.2) is 0 Å². The van der Waals surface area contributed by atoms with Crippen LogP contribution in [-0.2, 0) is 4.79 Å². The molecule has 1 saturated heterocycles. The summed E-state index contributed by atoms with van der Waals surface area (Å²) in [5, 5.41) is 11.1. The summed E-state index contributed by atoms with van der Waals surface area (Å²) in [7, 11) is 0. The van der Waals surface area contributed by atoms with Gasteiger partial charge in [0.1, 0.15) is 0 Å². The molecule has 1 aliphatic heterocycles. The van der Waals surface area contributed by atoms with E-state index in [1.54, 1.807) is 6.20 Å². The van der Waals surface area contributed by atoms with E-state index < -0.39 is 0 Å². The van der Waals surface area contributed by atoms with Gasteiger partial charge in [-0.3, -0.25) is 4.79 Å². The lowest BCUT2D eigenvalue weighted by atomic mass is 10.0. The van der Waals surface area contributed by atoms with E-state index >= 15 is 0 Å². The fourth-order valence-electron chi connectivity index (χ4n) is 3.12. The van der Waals surface area contributed by atoms with E-state index in [4.69, 9.17) is 5.73 Å². The van der Waals surface area contributed by atoms with E-state index in [2.05, 4.69) is 20.4 Å². The van der Waals surface area contributed by atoms with Crippen LogP contribution in [-0.4, -0.2) is 35.2 Å². The smallest absolute Gasteiger partial charge is 0.221 e. The second-order valence-corrected chi connectivity index (χ2v) is 6.10. The first-order valence-corrected chi connectivity index (χ1v) is 8.35. The highest BCUT2D eigenvalue weighted by Crippen LogP contribution is 2.22. The first-order chi connectivity index (χ1) is 11.7. The quantitative estimate of drug-likeness (QED) is 0.781. The first-order valence-electron chi connectivity index (χ1n) is 8.35. The minimum absolute atomic E-state index is 0. The van der Waals surface area contributed by atoms with Crippen LogP contribution in [0.15, 0.2) is 48.7 Å². The van der Waals surface area contributed by atoms with Gasteiger partial charge in [-0.15, -0.1) is 29.9 Å². The number of aromatic nitrogens is 2. The van der Waals surface area contributed by atoms with Crippen molar-refractivity contribution in [2.45, 2.75) is 31.3 Å². The maximum atomic E-state index is 12.2. The molecule has 0 bridgehead atoms. The van der Waals surface area contributed by atoms with Crippen LogP contribution in [0.3, 0.4) is 0 Å². The summed E-state index contributed by atoms with van der Waals surface area (Å²) in [5.41, 5.74) is 7.09. The van der Waals surface area contributed by atoms with E-state index in [-0.39, 0.29) is 42.8 Å². The molecule has 1 aromatic carbocycles. The highest BCUT2D eigenvalue weighted by molar-refractivity contribution is 5.85. The molecule has 0 saturated carbocycles. The lowest BCUT2D eigenvalue weighted by molar-refractivity contribution is -0.121. The van der Waals surface area contributed by atoms with E-state index in [1.165, 1.54) is 0 Å². The van der Waals surface area contributed by atoms with Gasteiger partial charge in [0.05, 0.1) is 0 Å². The second-order valence-electron chi connectivity index (χ2n) is 6.10. The van der Waals surface area contributed by atoms with Crippen LogP contribution in [0.5, 0.6) is 0 Å². The van der Waals surface area contributed by atoms with Crippen molar-refractivity contribution in [2.24, 2.45) is 5.73 Å². The summed E-state index contributed by atoms with van der Waals surface area (Å²) in [5.74, 6) is 0.854. The maximum Gasteiger partial charge on any atom is 0.221 e. The minimum Gasteiger partial charge on any atom is -0.354 e. The Morgan fingerprint density at radius 2 is 2.00 bits per heavy atom. The van der Waals surface area contributed by atoms with Crippen molar-refractivity contribution in [1.29, 1.82) is 0 Å². The normalized spacial score (nSPS) is 17.0. The fourth-order valence-corrected chi connectivity index (χ4v) is 3.12. The fraction of sp³-hybridized carbons (Fsp3) is 0.389. The average Bonchev–Trinajstić information content (AvgIpc) is 3.10. The third-order valence-corrected chi connectivity index (χ3v) is 4.40. The third kappa shape index (κ3) is 5.83. The number of carbonyl (C=O) groups excluding carboxylic acids is 1. The number of halogens is 2. The van der Waals surface area contributed by atoms with E-state index in [1.807, 2.05) is 42.5 Å². The van der Waals surface area contributed by atoms with Crippen LogP contribution in [0.1, 0.15) is 30.9 Å². The highest BCUT2D eigenvalue weighted by atomic mass is 35.5. The number of rotatable bonds is 6. The summed E-state index contributed by atoms with van der Waals surface area (Å²) in [6.45, 7) is 1.56. The molecule has 2 aromatic rings. The van der Waals surface area contributed by atoms with Crippen molar-refractivity contribution in [2.75, 3.05) is 18.0 Å². The molecule has 8 heteroatoms. The number of amides is 1. The molecule has 0 radical (unpaired) electrons. The zero-order valence-corrected chi connectivity index (χ0v) is 16.1. The number of hydrogen-bond acceptors (Lipinski definition) is 5. The van der Waals surface area contributed by atoms with Gasteiger partial charge >= 0.3 is 0 Å². The summed E-state index contributed by atoms with van der Waals surface area (Å²) < 4.78 is 0. The molecule has 1 amide bonds. The van der Waals surface area contributed by atoms with Crippen molar-refractivity contribution in [3.63, 3.8) is 0 Å². The van der Waals surface area contributed by atoms with Crippen LogP contribution in [0, 0.1) is 0 Å². The Balaban J connectivity index is 0.00000169. The van der Waals surface area contributed by atoms with Gasteiger partial charge in [0.15, 0.2) is 5.82 Å². The molecule has 2 heterocycles.